The van der Waals surface area contributed by atoms with Crippen LogP contribution in [0.2, 0.25) is 0 Å². The Morgan fingerprint density at radius 1 is 1.71 bits per heavy atom. The minimum Gasteiger partial charge on any atom is -0.469 e. The second-order valence-electron chi connectivity index (χ2n) is 4.60. The summed E-state index contributed by atoms with van der Waals surface area (Å²) in [4.78, 5) is 21.9. The quantitative estimate of drug-likeness (QED) is 0.415. The molecule has 0 saturated carbocycles. The molecule has 0 aliphatic carbocycles. The average molecular weight is 299 g/mol. The minimum atomic E-state index is -0.664. The molecule has 2 heterocycles. The fourth-order valence-electron chi connectivity index (χ4n) is 2.11. The number of ether oxygens (including phenoxy) is 1. The molecule has 1 saturated heterocycles. The summed E-state index contributed by atoms with van der Waals surface area (Å²) in [7, 11) is 1.33. The third-order valence-corrected chi connectivity index (χ3v) is 3.06. The van der Waals surface area contributed by atoms with E-state index in [4.69, 9.17) is 4.42 Å². The number of nitrogens with one attached hydrogen (secondary N) is 2. The molecule has 21 heavy (non-hydrogen) atoms. The molecule has 0 bridgehead atoms. The van der Waals surface area contributed by atoms with E-state index in [1.165, 1.54) is 18.6 Å². The number of methoxy groups -OCH3 is 1. The van der Waals surface area contributed by atoms with Crippen LogP contribution in [0.25, 0.3) is 0 Å². The summed E-state index contributed by atoms with van der Waals surface area (Å²) in [5, 5.41) is 12.8. The number of nitrogens with zero attached hydrogens (tertiary/aromatic N) is 3. The van der Waals surface area contributed by atoms with Gasteiger partial charge in [-0.05, 0) is 28.8 Å². The summed E-state index contributed by atoms with van der Waals surface area (Å²) >= 11 is 0. The predicted molar refractivity (Wildman–Crippen MR) is 69.2 cm³/mol. The fraction of sp³-hybridized carbons (Fsp3) is 0.545. The maximum Gasteiger partial charge on any atom is 0.305 e. The average Bonchev–Trinajstić information content (AvgIpc) is 2.94. The highest BCUT2D eigenvalue weighted by atomic mass is 16.7. The van der Waals surface area contributed by atoms with Crippen molar-refractivity contribution < 1.29 is 19.0 Å². The van der Waals surface area contributed by atoms with Crippen molar-refractivity contribution in [3.8, 4) is 0 Å². The summed E-state index contributed by atoms with van der Waals surface area (Å²) in [6.45, 7) is 1.20. The summed E-state index contributed by atoms with van der Waals surface area (Å²) in [5.74, 6) is 0.332. The van der Waals surface area contributed by atoms with Gasteiger partial charge in [0.05, 0.1) is 26.3 Å². The number of rotatable bonds is 6. The van der Waals surface area contributed by atoms with Gasteiger partial charge in [0.15, 0.2) is 5.03 Å². The van der Waals surface area contributed by atoms with Crippen LogP contribution >= 0.6 is 0 Å². The van der Waals surface area contributed by atoms with E-state index < -0.39 is 5.03 Å². The molecule has 1 aliphatic rings. The molecular weight excluding hydrogens is 282 g/mol. The van der Waals surface area contributed by atoms with Crippen molar-refractivity contribution in [2.45, 2.75) is 13.0 Å². The lowest BCUT2D eigenvalue weighted by Crippen LogP contribution is -2.65. The molecule has 2 rings (SSSR count). The Morgan fingerprint density at radius 2 is 2.52 bits per heavy atom. The van der Waals surface area contributed by atoms with Gasteiger partial charge in [-0.1, -0.05) is 0 Å². The standard InChI is InChI=1S/C11H17N5O5/c1-20-11(17)5-9-6-12-15(13-16(18)19)14(7-9)8-10-3-2-4-21-10/h2-4,9,12-13H,5-8H2,1H3. The third kappa shape index (κ3) is 4.41. The van der Waals surface area contributed by atoms with Crippen LogP contribution < -0.4 is 11.0 Å². The summed E-state index contributed by atoms with van der Waals surface area (Å²) in [6, 6.07) is 3.51. The molecule has 0 radical (unpaired) electrons. The number of hydrogen-bond acceptors (Lipinski definition) is 8. The van der Waals surface area contributed by atoms with Crippen molar-refractivity contribution in [3.05, 3.63) is 34.3 Å². The molecule has 1 atom stereocenters. The van der Waals surface area contributed by atoms with Crippen molar-refractivity contribution in [1.82, 2.24) is 21.2 Å². The second kappa shape index (κ2) is 7.02. The van der Waals surface area contributed by atoms with Crippen molar-refractivity contribution in [3.63, 3.8) is 0 Å². The predicted octanol–water partition coefficient (Wildman–Crippen LogP) is -0.308. The largest absolute Gasteiger partial charge is 0.469 e. The van der Waals surface area contributed by atoms with Gasteiger partial charge in [-0.15, -0.1) is 0 Å². The summed E-state index contributed by atoms with van der Waals surface area (Å²) in [5.41, 5.74) is 4.89. The zero-order valence-corrected chi connectivity index (χ0v) is 11.5. The highest BCUT2D eigenvalue weighted by molar-refractivity contribution is 5.69. The number of carbonyl (C=O) groups excluding carboxylic acids is 1. The van der Waals surface area contributed by atoms with Crippen molar-refractivity contribution in [2.75, 3.05) is 20.2 Å². The maximum atomic E-state index is 11.3. The van der Waals surface area contributed by atoms with E-state index in [-0.39, 0.29) is 18.3 Å². The van der Waals surface area contributed by atoms with Gasteiger partial charge in [0.25, 0.3) is 0 Å². The Labute approximate surface area is 120 Å². The molecule has 2 N–H and O–H groups in total. The molecule has 1 aliphatic heterocycles. The van der Waals surface area contributed by atoms with Crippen LogP contribution in [-0.2, 0) is 16.1 Å². The Kier molecular flexibility index (Phi) is 5.09. The number of nitro groups is 1. The molecule has 1 aromatic rings. The first kappa shape index (κ1) is 15.2. The Morgan fingerprint density at radius 3 is 3.14 bits per heavy atom. The monoisotopic (exact) mass is 299 g/mol. The maximum absolute atomic E-state index is 11.3. The molecule has 0 aromatic carbocycles. The Hall–Kier alpha value is -2.17. The zero-order valence-electron chi connectivity index (χ0n) is 11.5. The summed E-state index contributed by atoms with van der Waals surface area (Å²) < 4.78 is 9.89. The molecule has 1 unspecified atom stereocenters. The van der Waals surface area contributed by atoms with E-state index in [2.05, 4.69) is 10.2 Å². The van der Waals surface area contributed by atoms with Crippen molar-refractivity contribution in [1.29, 1.82) is 0 Å². The minimum absolute atomic E-state index is 0.0165. The lowest BCUT2D eigenvalue weighted by Gasteiger charge is -2.38. The second-order valence-corrected chi connectivity index (χ2v) is 4.60. The highest BCUT2D eigenvalue weighted by Gasteiger charge is 2.30. The molecule has 116 valence electrons. The number of carbonyl (C=O) groups is 1. The first-order valence-electron chi connectivity index (χ1n) is 6.37. The van der Waals surface area contributed by atoms with Gasteiger partial charge in [-0.2, -0.15) is 5.01 Å². The first-order chi connectivity index (χ1) is 10.1. The topological polar surface area (TPSA) is 113 Å². The van der Waals surface area contributed by atoms with Crippen LogP contribution in [0.4, 0.5) is 0 Å². The van der Waals surface area contributed by atoms with Crippen LogP contribution in [0.3, 0.4) is 0 Å². The molecule has 10 nitrogen and oxygen atoms in total. The summed E-state index contributed by atoms with van der Waals surface area (Å²) in [6.07, 6.45) is 1.77. The lowest BCUT2D eigenvalue weighted by atomic mass is 10.1. The van der Waals surface area contributed by atoms with E-state index in [1.54, 1.807) is 17.1 Å². The van der Waals surface area contributed by atoms with Gasteiger partial charge in [-0.25, -0.2) is 15.5 Å². The van der Waals surface area contributed by atoms with Crippen LogP contribution in [0, 0.1) is 16.0 Å². The Bertz CT molecular complexity index is 479. The molecule has 10 heteroatoms. The number of hydrogen-bond donors (Lipinski definition) is 2. The number of furan rings is 1. The van der Waals surface area contributed by atoms with E-state index in [9.17, 15) is 14.9 Å². The highest BCUT2D eigenvalue weighted by Crippen LogP contribution is 2.15. The van der Waals surface area contributed by atoms with Gasteiger partial charge < -0.3 is 9.15 Å². The van der Waals surface area contributed by atoms with Gasteiger partial charge >= 0.3 is 5.97 Å². The van der Waals surface area contributed by atoms with Crippen LogP contribution in [0.1, 0.15) is 12.2 Å². The molecule has 1 aromatic heterocycles. The van der Waals surface area contributed by atoms with Crippen LogP contribution in [0.5, 0.6) is 0 Å². The third-order valence-electron chi connectivity index (χ3n) is 3.06. The molecule has 0 spiro atoms. The number of hydrazine groups is 4. The SMILES string of the molecule is COC(=O)CC1CNN(N[N+](=O)[O-])N(Cc2ccco2)C1. The van der Waals surface area contributed by atoms with Crippen LogP contribution in [0.15, 0.2) is 22.8 Å². The normalized spacial score (nSPS) is 20.1. The van der Waals surface area contributed by atoms with E-state index in [0.29, 0.717) is 25.4 Å². The molecular formula is C11H17N5O5. The van der Waals surface area contributed by atoms with Gasteiger partial charge in [-0.3, -0.25) is 4.79 Å². The molecule has 0 amide bonds. The van der Waals surface area contributed by atoms with Gasteiger partial charge in [0.1, 0.15) is 5.76 Å². The van der Waals surface area contributed by atoms with Crippen LogP contribution in [-0.4, -0.2) is 41.4 Å². The van der Waals surface area contributed by atoms with Gasteiger partial charge in [0, 0.05) is 13.1 Å². The van der Waals surface area contributed by atoms with Crippen molar-refractivity contribution >= 4 is 5.97 Å². The van der Waals surface area contributed by atoms with Crippen molar-refractivity contribution in [2.24, 2.45) is 5.92 Å². The first-order valence-corrected chi connectivity index (χ1v) is 6.37. The molecule has 1 fully saturated rings. The lowest BCUT2D eigenvalue weighted by molar-refractivity contribution is -0.599. The fourth-order valence-corrected chi connectivity index (χ4v) is 2.11. The zero-order chi connectivity index (χ0) is 15.2. The van der Waals surface area contributed by atoms with E-state index in [1.807, 2.05) is 5.53 Å². The number of esters is 1. The Balaban J connectivity index is 2.00. The smallest absolute Gasteiger partial charge is 0.305 e. The van der Waals surface area contributed by atoms with E-state index in [0.717, 1.165) is 0 Å². The van der Waals surface area contributed by atoms with E-state index >= 15 is 0 Å². The van der Waals surface area contributed by atoms with Gasteiger partial charge in [0.2, 0.25) is 0 Å².